The fourth-order valence-corrected chi connectivity index (χ4v) is 2.09. The SMILES string of the molecule is C=CCN(CC=C)C(=Nc1ccccc1)c1ccccc1. The first-order chi connectivity index (χ1) is 10.3. The molecule has 0 unspecified atom stereocenters. The number of amidine groups is 1. The molecule has 0 aliphatic rings. The maximum atomic E-state index is 4.81. The number of para-hydroxylation sites is 1. The Balaban J connectivity index is 2.45. The molecule has 106 valence electrons. The summed E-state index contributed by atoms with van der Waals surface area (Å²) in [5.74, 6) is 0.932. The molecule has 2 nitrogen and oxygen atoms in total. The maximum Gasteiger partial charge on any atom is 0.137 e. The van der Waals surface area contributed by atoms with E-state index < -0.39 is 0 Å². The van der Waals surface area contributed by atoms with Gasteiger partial charge in [0.05, 0.1) is 5.69 Å². The van der Waals surface area contributed by atoms with Crippen LogP contribution in [0.15, 0.2) is 91.0 Å². The smallest absolute Gasteiger partial charge is 0.137 e. The van der Waals surface area contributed by atoms with Gasteiger partial charge in [0.2, 0.25) is 0 Å². The van der Waals surface area contributed by atoms with Gasteiger partial charge in [-0.05, 0) is 12.1 Å². The monoisotopic (exact) mass is 276 g/mol. The van der Waals surface area contributed by atoms with Crippen LogP contribution in [0.3, 0.4) is 0 Å². The molecule has 0 spiro atoms. The van der Waals surface area contributed by atoms with Crippen LogP contribution in [0.25, 0.3) is 0 Å². The summed E-state index contributed by atoms with van der Waals surface area (Å²) in [6, 6.07) is 20.2. The van der Waals surface area contributed by atoms with Crippen LogP contribution in [0.2, 0.25) is 0 Å². The Labute approximate surface area is 126 Å². The first-order valence-electron chi connectivity index (χ1n) is 7.01. The normalized spacial score (nSPS) is 11.0. The molecular formula is C19H20N2. The molecule has 0 heterocycles. The van der Waals surface area contributed by atoms with Gasteiger partial charge in [0, 0.05) is 18.7 Å². The quantitative estimate of drug-likeness (QED) is 0.432. The van der Waals surface area contributed by atoms with Crippen molar-refractivity contribution in [2.24, 2.45) is 4.99 Å². The minimum absolute atomic E-state index is 0.729. The molecule has 2 heteroatoms. The zero-order valence-electron chi connectivity index (χ0n) is 12.2. The van der Waals surface area contributed by atoms with Crippen LogP contribution in [0.1, 0.15) is 5.56 Å². The van der Waals surface area contributed by atoms with Gasteiger partial charge in [-0.3, -0.25) is 0 Å². The standard InChI is InChI=1S/C19H20N2/c1-3-15-21(16-4-2)19(17-11-7-5-8-12-17)20-18-13-9-6-10-14-18/h3-14H,1-2,15-16H2. The fourth-order valence-electron chi connectivity index (χ4n) is 2.09. The van der Waals surface area contributed by atoms with Crippen LogP contribution in [-0.4, -0.2) is 23.8 Å². The van der Waals surface area contributed by atoms with Crippen molar-refractivity contribution in [1.29, 1.82) is 0 Å². The van der Waals surface area contributed by atoms with Gasteiger partial charge in [0.1, 0.15) is 5.84 Å². The van der Waals surface area contributed by atoms with Crippen molar-refractivity contribution in [2.75, 3.05) is 13.1 Å². The molecule has 0 saturated carbocycles. The summed E-state index contributed by atoms with van der Waals surface area (Å²) in [4.78, 5) is 6.97. The van der Waals surface area contributed by atoms with Gasteiger partial charge in [-0.25, -0.2) is 4.99 Å². The van der Waals surface area contributed by atoms with Crippen molar-refractivity contribution in [3.8, 4) is 0 Å². The van der Waals surface area contributed by atoms with Gasteiger partial charge >= 0.3 is 0 Å². The molecule has 0 aromatic heterocycles. The highest BCUT2D eigenvalue weighted by molar-refractivity contribution is 6.00. The second kappa shape index (κ2) is 7.85. The summed E-state index contributed by atoms with van der Waals surface area (Å²) >= 11 is 0. The predicted molar refractivity (Wildman–Crippen MR) is 91.0 cm³/mol. The van der Waals surface area contributed by atoms with E-state index in [1.807, 2.05) is 60.7 Å². The second-order valence-electron chi connectivity index (χ2n) is 4.62. The fraction of sp³-hybridized carbons (Fsp3) is 0.105. The average Bonchev–Trinajstić information content (AvgIpc) is 2.54. The Morgan fingerprint density at radius 1 is 0.857 bits per heavy atom. The number of benzene rings is 2. The van der Waals surface area contributed by atoms with Crippen LogP contribution in [0, 0.1) is 0 Å². The summed E-state index contributed by atoms with van der Waals surface area (Å²) < 4.78 is 0. The van der Waals surface area contributed by atoms with E-state index in [0.29, 0.717) is 0 Å². The third-order valence-corrected chi connectivity index (χ3v) is 3.02. The Morgan fingerprint density at radius 2 is 1.38 bits per heavy atom. The third-order valence-electron chi connectivity index (χ3n) is 3.02. The van der Waals surface area contributed by atoms with Crippen molar-refractivity contribution in [3.05, 3.63) is 91.5 Å². The molecular weight excluding hydrogens is 256 g/mol. The van der Waals surface area contributed by atoms with Gasteiger partial charge in [-0.15, -0.1) is 13.2 Å². The van der Waals surface area contributed by atoms with E-state index in [2.05, 4.69) is 30.2 Å². The van der Waals surface area contributed by atoms with Gasteiger partial charge in [-0.2, -0.15) is 0 Å². The van der Waals surface area contributed by atoms with E-state index in [4.69, 9.17) is 4.99 Å². The number of nitrogens with zero attached hydrogens (tertiary/aromatic N) is 2. The van der Waals surface area contributed by atoms with E-state index in [-0.39, 0.29) is 0 Å². The molecule has 0 amide bonds. The largest absolute Gasteiger partial charge is 0.349 e. The highest BCUT2D eigenvalue weighted by Gasteiger charge is 2.11. The van der Waals surface area contributed by atoms with Crippen molar-refractivity contribution in [1.82, 2.24) is 4.90 Å². The molecule has 0 bridgehead atoms. The summed E-state index contributed by atoms with van der Waals surface area (Å²) in [6.07, 6.45) is 3.76. The average molecular weight is 276 g/mol. The van der Waals surface area contributed by atoms with E-state index in [1.165, 1.54) is 0 Å². The lowest BCUT2D eigenvalue weighted by molar-refractivity contribution is 0.515. The first kappa shape index (κ1) is 14.8. The van der Waals surface area contributed by atoms with E-state index in [9.17, 15) is 0 Å². The number of hydrogen-bond donors (Lipinski definition) is 0. The molecule has 0 aliphatic carbocycles. The molecule has 0 radical (unpaired) electrons. The van der Waals surface area contributed by atoms with Gasteiger partial charge in [-0.1, -0.05) is 60.7 Å². The molecule has 2 aromatic carbocycles. The molecule has 0 saturated heterocycles. The van der Waals surface area contributed by atoms with Crippen molar-refractivity contribution in [3.63, 3.8) is 0 Å². The molecule has 0 atom stereocenters. The lowest BCUT2D eigenvalue weighted by atomic mass is 10.2. The minimum atomic E-state index is 0.729. The predicted octanol–water partition coefficient (Wildman–Crippen LogP) is 4.44. The summed E-state index contributed by atoms with van der Waals surface area (Å²) in [5, 5.41) is 0. The Bertz CT molecular complexity index is 590. The van der Waals surface area contributed by atoms with Crippen molar-refractivity contribution >= 4 is 11.5 Å². The summed E-state index contributed by atoms with van der Waals surface area (Å²) in [6.45, 7) is 9.13. The number of aliphatic imine (C=N–C) groups is 1. The first-order valence-corrected chi connectivity index (χ1v) is 7.01. The van der Waals surface area contributed by atoms with Crippen molar-refractivity contribution in [2.45, 2.75) is 0 Å². The number of rotatable bonds is 6. The van der Waals surface area contributed by atoms with Crippen LogP contribution in [0.5, 0.6) is 0 Å². The molecule has 0 fully saturated rings. The van der Waals surface area contributed by atoms with Crippen LogP contribution >= 0.6 is 0 Å². The molecule has 0 N–H and O–H groups in total. The van der Waals surface area contributed by atoms with Gasteiger partial charge < -0.3 is 4.90 Å². The van der Waals surface area contributed by atoms with Crippen LogP contribution in [-0.2, 0) is 0 Å². The number of hydrogen-bond acceptors (Lipinski definition) is 1. The zero-order valence-corrected chi connectivity index (χ0v) is 12.2. The third kappa shape index (κ3) is 4.18. The van der Waals surface area contributed by atoms with Crippen LogP contribution in [0.4, 0.5) is 5.69 Å². The molecule has 21 heavy (non-hydrogen) atoms. The highest BCUT2D eigenvalue weighted by Crippen LogP contribution is 2.15. The second-order valence-corrected chi connectivity index (χ2v) is 4.62. The zero-order chi connectivity index (χ0) is 14.9. The van der Waals surface area contributed by atoms with E-state index >= 15 is 0 Å². The van der Waals surface area contributed by atoms with E-state index in [1.54, 1.807) is 0 Å². The highest BCUT2D eigenvalue weighted by atomic mass is 15.2. The lowest BCUT2D eigenvalue weighted by Crippen LogP contribution is -2.32. The topological polar surface area (TPSA) is 15.6 Å². The van der Waals surface area contributed by atoms with Crippen molar-refractivity contribution < 1.29 is 0 Å². The lowest BCUT2D eigenvalue weighted by Gasteiger charge is -2.24. The summed E-state index contributed by atoms with van der Waals surface area (Å²) in [7, 11) is 0. The van der Waals surface area contributed by atoms with Gasteiger partial charge in [0.25, 0.3) is 0 Å². The Hall–Kier alpha value is -2.61. The van der Waals surface area contributed by atoms with Crippen LogP contribution < -0.4 is 0 Å². The molecule has 0 aliphatic heterocycles. The summed E-state index contributed by atoms with van der Waals surface area (Å²) in [5.41, 5.74) is 2.03. The van der Waals surface area contributed by atoms with E-state index in [0.717, 1.165) is 30.2 Å². The van der Waals surface area contributed by atoms with Gasteiger partial charge in [0.15, 0.2) is 0 Å². The maximum absolute atomic E-state index is 4.81. The Kier molecular flexibility index (Phi) is 5.53. The molecule has 2 aromatic rings. The molecule has 2 rings (SSSR count). The Morgan fingerprint density at radius 3 is 1.90 bits per heavy atom. The minimum Gasteiger partial charge on any atom is -0.349 e.